The third-order valence-corrected chi connectivity index (χ3v) is 3.04. The monoisotopic (exact) mass is 283 g/mol. The van der Waals surface area contributed by atoms with Crippen molar-refractivity contribution in [2.45, 2.75) is 6.92 Å². The molecule has 21 heavy (non-hydrogen) atoms. The third kappa shape index (κ3) is 2.76. The van der Waals surface area contributed by atoms with E-state index in [4.69, 9.17) is 4.74 Å². The fourth-order valence-electron chi connectivity index (χ4n) is 2.11. The largest absolute Gasteiger partial charge is 0.492 e. The van der Waals surface area contributed by atoms with Gasteiger partial charge >= 0.3 is 0 Å². The number of anilines is 2. The van der Waals surface area contributed by atoms with Crippen LogP contribution < -0.4 is 10.1 Å². The second-order valence-corrected chi connectivity index (χ2v) is 4.44. The molecule has 1 N–H and O–H groups in total. The van der Waals surface area contributed by atoms with Crippen LogP contribution in [-0.2, 0) is 0 Å². The predicted octanol–water partition coefficient (Wildman–Crippen LogP) is 3.91. The van der Waals surface area contributed by atoms with Gasteiger partial charge in [0.15, 0.2) is 0 Å². The molecule has 3 rings (SSSR count). The van der Waals surface area contributed by atoms with Crippen LogP contribution in [-0.4, -0.2) is 16.6 Å². The van der Waals surface area contributed by atoms with Gasteiger partial charge in [-0.1, -0.05) is 12.1 Å². The lowest BCUT2D eigenvalue weighted by Crippen LogP contribution is -2.00. The van der Waals surface area contributed by atoms with E-state index in [2.05, 4.69) is 15.3 Å². The number of hydrogen-bond donors (Lipinski definition) is 1. The highest BCUT2D eigenvalue weighted by molar-refractivity contribution is 5.91. The lowest BCUT2D eigenvalue weighted by atomic mass is 10.2. The molecular weight excluding hydrogens is 269 g/mol. The molecule has 1 aromatic heterocycles. The molecule has 1 heterocycles. The predicted molar refractivity (Wildman–Crippen MR) is 80.4 cm³/mol. The zero-order chi connectivity index (χ0) is 14.7. The number of ether oxygens (including phenoxy) is 1. The van der Waals surface area contributed by atoms with Gasteiger partial charge in [-0.15, -0.1) is 0 Å². The van der Waals surface area contributed by atoms with Gasteiger partial charge < -0.3 is 10.1 Å². The van der Waals surface area contributed by atoms with Crippen LogP contribution in [0.25, 0.3) is 10.9 Å². The van der Waals surface area contributed by atoms with E-state index in [0.29, 0.717) is 23.3 Å². The van der Waals surface area contributed by atoms with Gasteiger partial charge in [0.05, 0.1) is 17.8 Å². The lowest BCUT2D eigenvalue weighted by Gasteiger charge is -2.12. The molecule has 0 saturated carbocycles. The number of benzene rings is 2. The Bertz CT molecular complexity index is 776. The summed E-state index contributed by atoms with van der Waals surface area (Å²) in [6.45, 7) is 2.49. The number of nitrogens with zero attached hydrogens (tertiary/aromatic N) is 2. The molecule has 3 aromatic rings. The minimum absolute atomic E-state index is 0.321. The van der Waals surface area contributed by atoms with Crippen LogP contribution in [0.4, 0.5) is 15.9 Å². The Morgan fingerprint density at radius 3 is 2.86 bits per heavy atom. The molecule has 0 aliphatic heterocycles. The second kappa shape index (κ2) is 5.75. The maximum absolute atomic E-state index is 13.4. The quantitative estimate of drug-likeness (QED) is 0.788. The summed E-state index contributed by atoms with van der Waals surface area (Å²) in [6, 6.07) is 12.0. The van der Waals surface area contributed by atoms with Gasteiger partial charge in [0, 0.05) is 5.39 Å². The van der Waals surface area contributed by atoms with E-state index in [9.17, 15) is 4.39 Å². The first-order chi connectivity index (χ1) is 10.3. The van der Waals surface area contributed by atoms with Gasteiger partial charge in [-0.3, -0.25) is 0 Å². The molecular formula is C16H14FN3O. The molecule has 0 saturated heterocycles. The summed E-state index contributed by atoms with van der Waals surface area (Å²) in [4.78, 5) is 8.33. The first-order valence-corrected chi connectivity index (χ1v) is 6.67. The molecule has 0 bridgehead atoms. The zero-order valence-electron chi connectivity index (χ0n) is 11.5. The highest BCUT2D eigenvalue weighted by Crippen LogP contribution is 2.29. The molecule has 2 aromatic carbocycles. The minimum Gasteiger partial charge on any atom is -0.492 e. The maximum atomic E-state index is 13.4. The topological polar surface area (TPSA) is 47.0 Å². The van der Waals surface area contributed by atoms with Crippen LogP contribution in [0.2, 0.25) is 0 Å². The molecule has 0 radical (unpaired) electrons. The van der Waals surface area contributed by atoms with Crippen molar-refractivity contribution < 1.29 is 9.13 Å². The fourth-order valence-corrected chi connectivity index (χ4v) is 2.11. The SMILES string of the molecule is CCOc1ccccc1Nc1ncnc2ccc(F)cc12. The average molecular weight is 283 g/mol. The summed E-state index contributed by atoms with van der Waals surface area (Å²) < 4.78 is 19.0. The number of fused-ring (bicyclic) bond motifs is 1. The molecule has 4 nitrogen and oxygen atoms in total. The Balaban J connectivity index is 2.04. The van der Waals surface area contributed by atoms with Crippen molar-refractivity contribution in [1.29, 1.82) is 0 Å². The van der Waals surface area contributed by atoms with E-state index in [0.717, 1.165) is 11.4 Å². The van der Waals surface area contributed by atoms with Gasteiger partial charge in [0.25, 0.3) is 0 Å². The Hall–Kier alpha value is -2.69. The molecule has 0 spiro atoms. The molecule has 0 amide bonds. The highest BCUT2D eigenvalue weighted by atomic mass is 19.1. The van der Waals surface area contributed by atoms with Gasteiger partial charge in [0.1, 0.15) is 23.7 Å². The second-order valence-electron chi connectivity index (χ2n) is 4.44. The summed E-state index contributed by atoms with van der Waals surface area (Å²) >= 11 is 0. The van der Waals surface area contributed by atoms with Crippen molar-refractivity contribution in [2.75, 3.05) is 11.9 Å². The summed E-state index contributed by atoms with van der Waals surface area (Å²) in [5.41, 5.74) is 1.46. The van der Waals surface area contributed by atoms with E-state index < -0.39 is 0 Å². The molecule has 0 unspecified atom stereocenters. The van der Waals surface area contributed by atoms with Crippen molar-refractivity contribution in [3.63, 3.8) is 0 Å². The molecule has 0 aliphatic carbocycles. The van der Waals surface area contributed by atoms with Crippen molar-refractivity contribution in [3.8, 4) is 5.75 Å². The standard InChI is InChI=1S/C16H14FN3O/c1-2-21-15-6-4-3-5-14(15)20-16-12-9-11(17)7-8-13(12)18-10-19-16/h3-10H,2H2,1H3,(H,18,19,20). The summed E-state index contributed by atoms with van der Waals surface area (Å²) in [6.07, 6.45) is 1.45. The first kappa shape index (κ1) is 13.3. The van der Waals surface area contributed by atoms with Crippen molar-refractivity contribution >= 4 is 22.4 Å². The number of halogens is 1. The fraction of sp³-hybridized carbons (Fsp3) is 0.125. The smallest absolute Gasteiger partial charge is 0.142 e. The Morgan fingerprint density at radius 1 is 1.14 bits per heavy atom. The normalized spacial score (nSPS) is 10.6. The van der Waals surface area contributed by atoms with E-state index in [1.807, 2.05) is 31.2 Å². The third-order valence-electron chi connectivity index (χ3n) is 3.04. The van der Waals surface area contributed by atoms with Crippen LogP contribution >= 0.6 is 0 Å². The Morgan fingerprint density at radius 2 is 2.00 bits per heavy atom. The molecule has 5 heteroatoms. The number of nitrogens with one attached hydrogen (secondary N) is 1. The van der Waals surface area contributed by atoms with Crippen LogP contribution in [0.1, 0.15) is 6.92 Å². The summed E-state index contributed by atoms with van der Waals surface area (Å²) in [5, 5.41) is 3.81. The van der Waals surface area contributed by atoms with Gasteiger partial charge in [-0.05, 0) is 37.3 Å². The van der Waals surface area contributed by atoms with E-state index in [1.54, 1.807) is 6.07 Å². The number of aromatic nitrogens is 2. The molecule has 106 valence electrons. The Labute approximate surface area is 121 Å². The van der Waals surface area contributed by atoms with Crippen LogP contribution in [0.5, 0.6) is 5.75 Å². The Kier molecular flexibility index (Phi) is 3.64. The van der Waals surface area contributed by atoms with Gasteiger partial charge in [-0.2, -0.15) is 0 Å². The van der Waals surface area contributed by atoms with Gasteiger partial charge in [-0.25, -0.2) is 14.4 Å². The van der Waals surface area contributed by atoms with Crippen molar-refractivity contribution in [1.82, 2.24) is 9.97 Å². The maximum Gasteiger partial charge on any atom is 0.142 e. The average Bonchev–Trinajstić information content (AvgIpc) is 2.50. The van der Waals surface area contributed by atoms with Crippen LogP contribution in [0, 0.1) is 5.82 Å². The van der Waals surface area contributed by atoms with E-state index in [-0.39, 0.29) is 5.82 Å². The van der Waals surface area contributed by atoms with Crippen molar-refractivity contribution in [3.05, 3.63) is 54.6 Å². The highest BCUT2D eigenvalue weighted by Gasteiger charge is 2.08. The summed E-state index contributed by atoms with van der Waals surface area (Å²) in [7, 11) is 0. The summed E-state index contributed by atoms with van der Waals surface area (Å²) in [5.74, 6) is 0.952. The minimum atomic E-state index is -0.321. The van der Waals surface area contributed by atoms with Crippen LogP contribution in [0.15, 0.2) is 48.8 Å². The first-order valence-electron chi connectivity index (χ1n) is 6.67. The molecule has 0 aliphatic rings. The number of hydrogen-bond acceptors (Lipinski definition) is 4. The number of para-hydroxylation sites is 2. The van der Waals surface area contributed by atoms with E-state index >= 15 is 0 Å². The van der Waals surface area contributed by atoms with Crippen LogP contribution in [0.3, 0.4) is 0 Å². The zero-order valence-corrected chi connectivity index (χ0v) is 11.5. The lowest BCUT2D eigenvalue weighted by molar-refractivity contribution is 0.342. The molecule has 0 fully saturated rings. The molecule has 0 atom stereocenters. The van der Waals surface area contributed by atoms with Gasteiger partial charge in [0.2, 0.25) is 0 Å². The van der Waals surface area contributed by atoms with E-state index in [1.165, 1.54) is 18.5 Å². The number of rotatable bonds is 4. The van der Waals surface area contributed by atoms with Crippen molar-refractivity contribution in [2.24, 2.45) is 0 Å².